The van der Waals surface area contributed by atoms with Gasteiger partial charge in [0.1, 0.15) is 11.4 Å². The van der Waals surface area contributed by atoms with E-state index < -0.39 is 0 Å². The van der Waals surface area contributed by atoms with Crippen LogP contribution < -0.4 is 4.90 Å². The van der Waals surface area contributed by atoms with Crippen molar-refractivity contribution < 1.29 is 14.3 Å². The van der Waals surface area contributed by atoms with Gasteiger partial charge in [-0.3, -0.25) is 9.36 Å². The van der Waals surface area contributed by atoms with E-state index in [4.69, 9.17) is 9.47 Å². The minimum atomic E-state index is -0.221. The van der Waals surface area contributed by atoms with Crippen LogP contribution in [0.25, 0.3) is 0 Å². The minimum absolute atomic E-state index is 0.0378. The standard InChI is InChI=1S/C18H22N4O3S/c1-13-11-15(16(23)25-13)26-18-20-19-17(21-7-9-24-10-8-21)22(18)12-14-5-3-2-4-6-14/h2-6,13,15H,7-12H2,1H3/t13-,15-/m0/s1. The molecular formula is C18H22N4O3S. The van der Waals surface area contributed by atoms with Gasteiger partial charge >= 0.3 is 5.97 Å². The fourth-order valence-electron chi connectivity index (χ4n) is 3.21. The lowest BCUT2D eigenvalue weighted by atomic mass is 10.2. The van der Waals surface area contributed by atoms with Crippen LogP contribution in [0.15, 0.2) is 35.5 Å². The predicted octanol–water partition coefficient (Wildman–Crippen LogP) is 1.96. The molecule has 0 N–H and O–H groups in total. The third kappa shape index (κ3) is 3.71. The van der Waals surface area contributed by atoms with E-state index in [0.29, 0.717) is 26.2 Å². The molecule has 26 heavy (non-hydrogen) atoms. The lowest BCUT2D eigenvalue weighted by Gasteiger charge is -2.28. The Morgan fingerprint density at radius 3 is 2.65 bits per heavy atom. The number of hydrogen-bond acceptors (Lipinski definition) is 7. The summed E-state index contributed by atoms with van der Waals surface area (Å²) in [6.45, 7) is 5.55. The average molecular weight is 374 g/mol. The maximum atomic E-state index is 12.0. The Morgan fingerprint density at radius 2 is 1.96 bits per heavy atom. The van der Waals surface area contributed by atoms with E-state index in [9.17, 15) is 4.79 Å². The first kappa shape index (κ1) is 17.4. The van der Waals surface area contributed by atoms with Gasteiger partial charge in [0.05, 0.1) is 19.8 Å². The SMILES string of the molecule is C[C@H]1C[C@H](Sc2nnc(N3CCOCC3)n2Cc2ccccc2)C(=O)O1. The Kier molecular flexibility index (Phi) is 5.12. The molecule has 1 aromatic heterocycles. The van der Waals surface area contributed by atoms with Gasteiger partial charge in [0.2, 0.25) is 5.95 Å². The Balaban J connectivity index is 1.62. The fourth-order valence-corrected chi connectivity index (χ4v) is 4.35. The number of ether oxygens (including phenoxy) is 2. The van der Waals surface area contributed by atoms with Crippen molar-refractivity contribution in [3.63, 3.8) is 0 Å². The number of thioether (sulfide) groups is 1. The van der Waals surface area contributed by atoms with Crippen molar-refractivity contribution in [2.24, 2.45) is 0 Å². The Hall–Kier alpha value is -2.06. The van der Waals surface area contributed by atoms with Crippen molar-refractivity contribution in [1.82, 2.24) is 14.8 Å². The molecule has 2 saturated heterocycles. The highest BCUT2D eigenvalue weighted by molar-refractivity contribution is 8.00. The molecule has 1 aromatic carbocycles. The van der Waals surface area contributed by atoms with Gasteiger partial charge in [-0.1, -0.05) is 42.1 Å². The molecule has 0 saturated carbocycles. The molecule has 2 fully saturated rings. The van der Waals surface area contributed by atoms with Crippen LogP contribution in [0, 0.1) is 0 Å². The van der Waals surface area contributed by atoms with Crippen molar-refractivity contribution in [2.75, 3.05) is 31.2 Å². The minimum Gasteiger partial charge on any atom is -0.462 e. The maximum absolute atomic E-state index is 12.0. The van der Waals surface area contributed by atoms with Crippen LogP contribution in [0.4, 0.5) is 5.95 Å². The monoisotopic (exact) mass is 374 g/mol. The zero-order valence-corrected chi connectivity index (χ0v) is 15.5. The molecule has 7 nitrogen and oxygen atoms in total. The summed E-state index contributed by atoms with van der Waals surface area (Å²) in [4.78, 5) is 14.2. The molecule has 0 unspecified atom stereocenters. The van der Waals surface area contributed by atoms with E-state index in [0.717, 1.165) is 24.2 Å². The van der Waals surface area contributed by atoms with Gasteiger partial charge in [0.25, 0.3) is 0 Å². The Morgan fingerprint density at radius 1 is 1.19 bits per heavy atom. The van der Waals surface area contributed by atoms with Gasteiger partial charge in [0.15, 0.2) is 5.16 Å². The molecule has 4 rings (SSSR count). The number of morpholine rings is 1. The quantitative estimate of drug-likeness (QED) is 0.741. The molecule has 2 aliphatic rings. The highest BCUT2D eigenvalue weighted by atomic mass is 32.2. The average Bonchev–Trinajstić information content (AvgIpc) is 3.19. The van der Waals surface area contributed by atoms with Gasteiger partial charge in [-0.2, -0.15) is 0 Å². The highest BCUT2D eigenvalue weighted by Crippen LogP contribution is 2.33. The molecule has 2 aromatic rings. The molecule has 0 bridgehead atoms. The number of anilines is 1. The van der Waals surface area contributed by atoms with Crippen LogP contribution >= 0.6 is 11.8 Å². The number of rotatable bonds is 5. The molecule has 2 aliphatic heterocycles. The van der Waals surface area contributed by atoms with E-state index in [1.54, 1.807) is 0 Å². The maximum Gasteiger partial charge on any atom is 0.319 e. The largest absolute Gasteiger partial charge is 0.462 e. The molecule has 0 aliphatic carbocycles. The second-order valence-corrected chi connectivity index (χ2v) is 7.71. The second-order valence-electron chi connectivity index (χ2n) is 6.54. The number of benzene rings is 1. The summed E-state index contributed by atoms with van der Waals surface area (Å²) in [5, 5.41) is 9.36. The number of hydrogen-bond donors (Lipinski definition) is 0. The van der Waals surface area contributed by atoms with Gasteiger partial charge in [-0.05, 0) is 12.5 Å². The zero-order chi connectivity index (χ0) is 17.9. The fraction of sp³-hybridized carbons (Fsp3) is 0.500. The summed E-state index contributed by atoms with van der Waals surface area (Å²) in [5.74, 6) is 0.670. The first-order valence-electron chi connectivity index (χ1n) is 8.87. The van der Waals surface area contributed by atoms with Crippen molar-refractivity contribution in [3.8, 4) is 0 Å². The predicted molar refractivity (Wildman–Crippen MR) is 98.4 cm³/mol. The number of aromatic nitrogens is 3. The Bertz CT molecular complexity index is 761. The number of nitrogens with zero attached hydrogens (tertiary/aromatic N) is 4. The number of esters is 1. The lowest BCUT2D eigenvalue weighted by molar-refractivity contribution is -0.140. The smallest absolute Gasteiger partial charge is 0.319 e. The van der Waals surface area contributed by atoms with E-state index in [1.807, 2.05) is 25.1 Å². The summed E-state index contributed by atoms with van der Waals surface area (Å²) in [6, 6.07) is 10.2. The zero-order valence-electron chi connectivity index (χ0n) is 14.7. The van der Waals surface area contributed by atoms with E-state index >= 15 is 0 Å². The summed E-state index contributed by atoms with van der Waals surface area (Å²) < 4.78 is 12.8. The summed E-state index contributed by atoms with van der Waals surface area (Å²) >= 11 is 1.45. The molecule has 3 heterocycles. The first-order valence-corrected chi connectivity index (χ1v) is 9.75. The van der Waals surface area contributed by atoms with Crippen LogP contribution in [0.2, 0.25) is 0 Å². The number of cyclic esters (lactones) is 1. The van der Waals surface area contributed by atoms with Crippen LogP contribution in [0.3, 0.4) is 0 Å². The summed E-state index contributed by atoms with van der Waals surface area (Å²) in [6.07, 6.45) is 0.665. The number of carbonyl (C=O) groups is 1. The molecule has 8 heteroatoms. The Labute approximate surface area is 156 Å². The van der Waals surface area contributed by atoms with Gasteiger partial charge in [-0.25, -0.2) is 0 Å². The number of carbonyl (C=O) groups excluding carboxylic acids is 1. The van der Waals surface area contributed by atoms with Crippen LogP contribution in [-0.4, -0.2) is 58.4 Å². The lowest BCUT2D eigenvalue weighted by Crippen LogP contribution is -2.38. The third-order valence-corrected chi connectivity index (χ3v) is 5.73. The van der Waals surface area contributed by atoms with Gasteiger partial charge in [-0.15, -0.1) is 10.2 Å². The highest BCUT2D eigenvalue weighted by Gasteiger charge is 2.34. The van der Waals surface area contributed by atoms with E-state index in [1.165, 1.54) is 17.3 Å². The molecular weight excluding hydrogens is 352 g/mol. The van der Waals surface area contributed by atoms with Crippen LogP contribution in [-0.2, 0) is 20.8 Å². The molecule has 0 radical (unpaired) electrons. The van der Waals surface area contributed by atoms with Crippen molar-refractivity contribution >= 4 is 23.7 Å². The summed E-state index contributed by atoms with van der Waals surface area (Å²) in [7, 11) is 0. The van der Waals surface area contributed by atoms with Crippen molar-refractivity contribution in [3.05, 3.63) is 35.9 Å². The molecule has 0 spiro atoms. The normalized spacial score (nSPS) is 23.3. The van der Waals surface area contributed by atoms with Gasteiger partial charge in [0, 0.05) is 19.5 Å². The van der Waals surface area contributed by atoms with Gasteiger partial charge < -0.3 is 14.4 Å². The molecule has 138 valence electrons. The molecule has 0 amide bonds. The van der Waals surface area contributed by atoms with E-state index in [2.05, 4.69) is 31.8 Å². The second kappa shape index (κ2) is 7.67. The van der Waals surface area contributed by atoms with Crippen LogP contribution in [0.5, 0.6) is 0 Å². The summed E-state index contributed by atoms with van der Waals surface area (Å²) in [5.41, 5.74) is 1.17. The third-order valence-electron chi connectivity index (χ3n) is 4.55. The molecule has 2 atom stereocenters. The van der Waals surface area contributed by atoms with Crippen LogP contribution in [0.1, 0.15) is 18.9 Å². The topological polar surface area (TPSA) is 69.5 Å². The van der Waals surface area contributed by atoms with Crippen molar-refractivity contribution in [2.45, 2.75) is 36.4 Å². The van der Waals surface area contributed by atoms with E-state index in [-0.39, 0.29) is 17.3 Å². The van der Waals surface area contributed by atoms with Crippen molar-refractivity contribution in [1.29, 1.82) is 0 Å². The first-order chi connectivity index (χ1) is 12.7.